The highest BCUT2D eigenvalue weighted by Gasteiger charge is 2.11. The van der Waals surface area contributed by atoms with Gasteiger partial charge in [-0.05, 0) is 12.1 Å². The monoisotopic (exact) mass is 173 g/mol. The lowest BCUT2D eigenvalue weighted by Gasteiger charge is -1.99. The van der Waals surface area contributed by atoms with Gasteiger partial charge in [0, 0.05) is 5.56 Å². The highest BCUT2D eigenvalue weighted by Crippen LogP contribution is 2.20. The van der Waals surface area contributed by atoms with Crippen molar-refractivity contribution in [2.45, 2.75) is 0 Å². The van der Waals surface area contributed by atoms with Crippen LogP contribution in [0.4, 0.5) is 8.78 Å². The van der Waals surface area contributed by atoms with Crippen LogP contribution in [0.1, 0.15) is 10.4 Å². The van der Waals surface area contributed by atoms with Crippen molar-refractivity contribution >= 4 is 5.91 Å². The van der Waals surface area contributed by atoms with Crippen LogP contribution in [0.5, 0.6) is 5.75 Å². The molecule has 0 heterocycles. The molecule has 3 nitrogen and oxygen atoms in total. The summed E-state index contributed by atoms with van der Waals surface area (Å²) in [5.74, 6) is -4.47. The Kier molecular flexibility index (Phi) is 1.95. The number of hydrogen-bond donors (Lipinski definition) is 2. The van der Waals surface area contributed by atoms with Gasteiger partial charge in [0.25, 0.3) is 0 Å². The van der Waals surface area contributed by atoms with Gasteiger partial charge in [-0.2, -0.15) is 0 Å². The first-order valence-corrected chi connectivity index (χ1v) is 3.00. The van der Waals surface area contributed by atoms with Crippen molar-refractivity contribution in [3.8, 4) is 5.75 Å². The summed E-state index contributed by atoms with van der Waals surface area (Å²) in [6, 6.07) is 1.33. The molecule has 0 bridgehead atoms. The normalized spacial score (nSPS) is 9.83. The fraction of sp³-hybridized carbons (Fsp3) is 0. The smallest absolute Gasteiger partial charge is 0.248 e. The minimum atomic E-state index is -1.20. The number of phenols is 1. The Balaban J connectivity index is 3.31. The molecule has 0 radical (unpaired) electrons. The second kappa shape index (κ2) is 2.77. The lowest BCUT2D eigenvalue weighted by atomic mass is 10.2. The molecule has 1 rings (SSSR count). The minimum Gasteiger partial charge on any atom is -0.503 e. The predicted molar refractivity (Wildman–Crippen MR) is 36.5 cm³/mol. The number of rotatable bonds is 1. The number of carbonyl (C=O) groups is 1. The first-order chi connectivity index (χ1) is 5.52. The summed E-state index contributed by atoms with van der Waals surface area (Å²) in [6.45, 7) is 0. The van der Waals surface area contributed by atoms with E-state index in [1.54, 1.807) is 0 Å². The summed E-state index contributed by atoms with van der Waals surface area (Å²) in [6.07, 6.45) is 0. The topological polar surface area (TPSA) is 63.3 Å². The molecule has 0 aliphatic rings. The van der Waals surface area contributed by atoms with Crippen molar-refractivity contribution in [1.82, 2.24) is 0 Å². The number of carbonyl (C=O) groups excluding carboxylic acids is 1. The molecule has 1 aromatic rings. The van der Waals surface area contributed by atoms with Crippen LogP contribution >= 0.6 is 0 Å². The summed E-state index contributed by atoms with van der Waals surface area (Å²) in [5, 5.41) is 8.61. The van der Waals surface area contributed by atoms with E-state index < -0.39 is 23.3 Å². The summed E-state index contributed by atoms with van der Waals surface area (Å²) in [5.41, 5.74) is 4.43. The van der Waals surface area contributed by atoms with E-state index in [2.05, 4.69) is 0 Å². The van der Waals surface area contributed by atoms with Gasteiger partial charge in [-0.1, -0.05) is 0 Å². The fourth-order valence-electron chi connectivity index (χ4n) is 0.708. The van der Waals surface area contributed by atoms with Gasteiger partial charge in [0.05, 0.1) is 0 Å². The number of benzene rings is 1. The van der Waals surface area contributed by atoms with Crippen LogP contribution in [0.15, 0.2) is 12.1 Å². The van der Waals surface area contributed by atoms with E-state index >= 15 is 0 Å². The molecule has 0 fully saturated rings. The zero-order valence-electron chi connectivity index (χ0n) is 5.84. The molecule has 0 saturated carbocycles. The van der Waals surface area contributed by atoms with Gasteiger partial charge >= 0.3 is 0 Å². The van der Waals surface area contributed by atoms with Crippen molar-refractivity contribution in [3.63, 3.8) is 0 Å². The Morgan fingerprint density at radius 1 is 1.33 bits per heavy atom. The van der Waals surface area contributed by atoms with Crippen LogP contribution in [0.2, 0.25) is 0 Å². The van der Waals surface area contributed by atoms with Gasteiger partial charge in [0.1, 0.15) is 0 Å². The number of aromatic hydroxyl groups is 1. The van der Waals surface area contributed by atoms with Crippen LogP contribution in [0, 0.1) is 11.6 Å². The van der Waals surface area contributed by atoms with E-state index in [0.717, 1.165) is 0 Å². The maximum atomic E-state index is 12.5. The SMILES string of the molecule is NC(=O)c1cc(F)c(O)c(F)c1. The molecule has 5 heteroatoms. The molecule has 1 aromatic carbocycles. The molecule has 0 aliphatic carbocycles. The molecule has 0 aliphatic heterocycles. The van der Waals surface area contributed by atoms with Gasteiger partial charge in [-0.3, -0.25) is 4.79 Å². The number of phenolic OH excluding ortho intramolecular Hbond substituents is 1. The highest BCUT2D eigenvalue weighted by molar-refractivity contribution is 5.92. The molecule has 64 valence electrons. The molecule has 0 unspecified atom stereocenters. The molecule has 0 saturated heterocycles. The lowest BCUT2D eigenvalue weighted by molar-refractivity contribution is 0.0999. The second-order valence-electron chi connectivity index (χ2n) is 2.15. The summed E-state index contributed by atoms with van der Waals surface area (Å²) < 4.78 is 25.0. The van der Waals surface area contributed by atoms with E-state index in [4.69, 9.17) is 10.8 Å². The van der Waals surface area contributed by atoms with E-state index in [0.29, 0.717) is 12.1 Å². The maximum Gasteiger partial charge on any atom is 0.248 e. The Bertz CT molecular complexity index is 315. The molecular formula is C7H5F2NO2. The standard InChI is InChI=1S/C7H5F2NO2/c8-4-1-3(7(10)12)2-5(9)6(4)11/h1-2,11H,(H2,10,12). The van der Waals surface area contributed by atoms with Gasteiger partial charge < -0.3 is 10.8 Å². The van der Waals surface area contributed by atoms with Crippen LogP contribution < -0.4 is 5.73 Å². The largest absolute Gasteiger partial charge is 0.503 e. The zero-order valence-corrected chi connectivity index (χ0v) is 5.84. The van der Waals surface area contributed by atoms with Crippen LogP contribution in [0.3, 0.4) is 0 Å². The fourth-order valence-corrected chi connectivity index (χ4v) is 0.708. The van der Waals surface area contributed by atoms with Crippen molar-refractivity contribution in [3.05, 3.63) is 29.3 Å². The number of halogens is 2. The van der Waals surface area contributed by atoms with Crippen molar-refractivity contribution in [2.75, 3.05) is 0 Å². The van der Waals surface area contributed by atoms with E-state index in [9.17, 15) is 13.6 Å². The zero-order chi connectivity index (χ0) is 9.30. The van der Waals surface area contributed by atoms with Gasteiger partial charge in [-0.25, -0.2) is 8.78 Å². The van der Waals surface area contributed by atoms with E-state index in [1.165, 1.54) is 0 Å². The van der Waals surface area contributed by atoms with E-state index in [-0.39, 0.29) is 5.56 Å². The van der Waals surface area contributed by atoms with Crippen molar-refractivity contribution in [2.24, 2.45) is 5.73 Å². The number of nitrogens with two attached hydrogens (primary N) is 1. The second-order valence-corrected chi connectivity index (χ2v) is 2.15. The molecule has 3 N–H and O–H groups in total. The third kappa shape index (κ3) is 1.34. The number of amides is 1. The molecule has 12 heavy (non-hydrogen) atoms. The van der Waals surface area contributed by atoms with Crippen molar-refractivity contribution < 1.29 is 18.7 Å². The Hall–Kier alpha value is -1.65. The third-order valence-corrected chi connectivity index (χ3v) is 1.30. The maximum absolute atomic E-state index is 12.5. The Morgan fingerprint density at radius 3 is 2.08 bits per heavy atom. The first-order valence-electron chi connectivity index (χ1n) is 3.00. The molecular weight excluding hydrogens is 168 g/mol. The minimum absolute atomic E-state index is 0.317. The summed E-state index contributed by atoms with van der Waals surface area (Å²) >= 11 is 0. The average molecular weight is 173 g/mol. The first kappa shape index (κ1) is 8.45. The predicted octanol–water partition coefficient (Wildman–Crippen LogP) is 0.769. The van der Waals surface area contributed by atoms with E-state index in [1.807, 2.05) is 0 Å². The van der Waals surface area contributed by atoms with Crippen LogP contribution in [-0.2, 0) is 0 Å². The Labute approximate surface area is 66.4 Å². The van der Waals surface area contributed by atoms with Gasteiger partial charge in [0.15, 0.2) is 17.4 Å². The summed E-state index contributed by atoms with van der Waals surface area (Å²) in [4.78, 5) is 10.4. The van der Waals surface area contributed by atoms with Gasteiger partial charge in [0.2, 0.25) is 5.91 Å². The number of hydrogen-bond acceptors (Lipinski definition) is 2. The Morgan fingerprint density at radius 2 is 1.75 bits per heavy atom. The van der Waals surface area contributed by atoms with Gasteiger partial charge in [-0.15, -0.1) is 0 Å². The van der Waals surface area contributed by atoms with Crippen LogP contribution in [0.25, 0.3) is 0 Å². The molecule has 0 atom stereocenters. The third-order valence-electron chi connectivity index (χ3n) is 1.30. The highest BCUT2D eigenvalue weighted by atomic mass is 19.1. The average Bonchev–Trinajstić information content (AvgIpc) is 1.99. The van der Waals surface area contributed by atoms with Crippen LogP contribution in [-0.4, -0.2) is 11.0 Å². The quantitative estimate of drug-likeness (QED) is 0.658. The molecule has 1 amide bonds. The molecule has 0 aromatic heterocycles. The van der Waals surface area contributed by atoms with Crippen molar-refractivity contribution in [1.29, 1.82) is 0 Å². The molecule has 0 spiro atoms. The number of primary amides is 1. The lowest BCUT2D eigenvalue weighted by Crippen LogP contribution is -2.11. The summed E-state index contributed by atoms with van der Waals surface area (Å²) in [7, 11) is 0.